The summed E-state index contributed by atoms with van der Waals surface area (Å²) in [5.41, 5.74) is 1.43. The smallest absolute Gasteiger partial charge is 0.273 e. The van der Waals surface area contributed by atoms with Gasteiger partial charge >= 0.3 is 0 Å². The quantitative estimate of drug-likeness (QED) is 0.497. The monoisotopic (exact) mass is 398 g/mol. The van der Waals surface area contributed by atoms with Gasteiger partial charge in [0.1, 0.15) is 0 Å². The van der Waals surface area contributed by atoms with Gasteiger partial charge in [-0.05, 0) is 31.0 Å². The average Bonchev–Trinajstić information content (AvgIpc) is 3.21. The van der Waals surface area contributed by atoms with Crippen LogP contribution in [0.15, 0.2) is 66.1 Å². The molecule has 0 spiro atoms. The molecule has 1 aromatic heterocycles. The third-order valence-corrected chi connectivity index (χ3v) is 6.98. The number of aromatic nitrogens is 2. The first kappa shape index (κ1) is 18.2. The number of nitro benzene ring substituents is 1. The van der Waals surface area contributed by atoms with Crippen LogP contribution in [0.25, 0.3) is 0 Å². The third kappa shape index (κ3) is 2.93. The Hall–Kier alpha value is -3.20. The van der Waals surface area contributed by atoms with E-state index in [1.165, 1.54) is 29.4 Å². The van der Waals surface area contributed by atoms with E-state index in [0.717, 1.165) is 5.56 Å². The lowest BCUT2D eigenvalue weighted by atomic mass is 10.00. The topological polar surface area (TPSA) is 98.3 Å². The Labute approximate surface area is 162 Å². The van der Waals surface area contributed by atoms with Gasteiger partial charge in [-0.1, -0.05) is 24.3 Å². The highest BCUT2D eigenvalue weighted by Crippen LogP contribution is 2.37. The minimum Gasteiger partial charge on any atom is -0.332 e. The molecule has 0 fully saturated rings. The van der Waals surface area contributed by atoms with Gasteiger partial charge in [0, 0.05) is 24.0 Å². The van der Waals surface area contributed by atoms with Gasteiger partial charge in [-0.2, -0.15) is 0 Å². The van der Waals surface area contributed by atoms with Gasteiger partial charge in [0.25, 0.3) is 15.7 Å². The van der Waals surface area contributed by atoms with Crippen molar-refractivity contribution in [1.82, 2.24) is 9.55 Å². The van der Waals surface area contributed by atoms with Crippen molar-refractivity contribution in [3.05, 3.63) is 82.4 Å². The molecule has 28 heavy (non-hydrogen) atoms. The van der Waals surface area contributed by atoms with Crippen molar-refractivity contribution in [1.29, 1.82) is 0 Å². The summed E-state index contributed by atoms with van der Waals surface area (Å²) in [7, 11) is -3.99. The van der Waals surface area contributed by atoms with Crippen molar-refractivity contribution in [2.45, 2.75) is 24.3 Å². The van der Waals surface area contributed by atoms with E-state index >= 15 is 0 Å². The van der Waals surface area contributed by atoms with Crippen molar-refractivity contribution in [2.24, 2.45) is 0 Å². The largest absolute Gasteiger partial charge is 0.332 e. The molecule has 0 N–H and O–H groups in total. The van der Waals surface area contributed by atoms with Crippen LogP contribution >= 0.6 is 0 Å². The van der Waals surface area contributed by atoms with E-state index in [9.17, 15) is 18.5 Å². The minimum atomic E-state index is -3.99. The number of nitrogens with zero attached hydrogens (tertiary/aromatic N) is 4. The number of sulfonamides is 1. The predicted octanol–water partition coefficient (Wildman–Crippen LogP) is 3.09. The van der Waals surface area contributed by atoms with Crippen molar-refractivity contribution in [3.8, 4) is 0 Å². The van der Waals surface area contributed by atoms with Crippen LogP contribution in [0.3, 0.4) is 0 Å². The van der Waals surface area contributed by atoms with Crippen molar-refractivity contribution in [3.63, 3.8) is 0 Å². The Kier molecular flexibility index (Phi) is 4.38. The molecule has 2 aromatic carbocycles. The molecule has 9 heteroatoms. The summed E-state index contributed by atoms with van der Waals surface area (Å²) in [5, 5.41) is 11.3. The summed E-state index contributed by atoms with van der Waals surface area (Å²) in [6, 6.07) is 11.4. The fourth-order valence-electron chi connectivity index (χ4n) is 3.65. The van der Waals surface area contributed by atoms with Crippen molar-refractivity contribution >= 4 is 21.4 Å². The molecule has 0 bridgehead atoms. The van der Waals surface area contributed by atoms with Crippen LogP contribution in [0.2, 0.25) is 0 Å². The first-order chi connectivity index (χ1) is 13.4. The zero-order chi connectivity index (χ0) is 19.9. The van der Waals surface area contributed by atoms with Crippen molar-refractivity contribution in [2.75, 3.05) is 10.8 Å². The van der Waals surface area contributed by atoms with Gasteiger partial charge in [0.15, 0.2) is 0 Å². The highest BCUT2D eigenvalue weighted by molar-refractivity contribution is 7.92. The van der Waals surface area contributed by atoms with Gasteiger partial charge in [0.05, 0.1) is 34.4 Å². The molecular weight excluding hydrogens is 380 g/mol. The van der Waals surface area contributed by atoms with E-state index in [-0.39, 0.29) is 28.7 Å². The van der Waals surface area contributed by atoms with E-state index in [4.69, 9.17) is 0 Å². The molecule has 0 aliphatic carbocycles. The van der Waals surface area contributed by atoms with Crippen LogP contribution in [0.5, 0.6) is 0 Å². The van der Waals surface area contributed by atoms with Crippen LogP contribution in [0.1, 0.15) is 17.2 Å². The molecule has 0 amide bonds. The van der Waals surface area contributed by atoms with Crippen LogP contribution in [0.4, 0.5) is 11.4 Å². The Morgan fingerprint density at radius 1 is 1.18 bits per heavy atom. The normalized spacial score (nSPS) is 16.6. The first-order valence-corrected chi connectivity index (χ1v) is 10.2. The number of anilines is 1. The minimum absolute atomic E-state index is 0.0530. The number of para-hydroxylation sites is 1. The number of nitro groups is 1. The van der Waals surface area contributed by atoms with E-state index in [1.54, 1.807) is 24.7 Å². The molecule has 4 rings (SSSR count). The van der Waals surface area contributed by atoms with Crippen LogP contribution in [-0.4, -0.2) is 29.4 Å². The highest BCUT2D eigenvalue weighted by atomic mass is 32.2. The Morgan fingerprint density at radius 2 is 1.96 bits per heavy atom. The maximum absolute atomic E-state index is 13.5. The van der Waals surface area contributed by atoms with Crippen LogP contribution < -0.4 is 4.31 Å². The van der Waals surface area contributed by atoms with Gasteiger partial charge in [-0.25, -0.2) is 13.4 Å². The fraction of sp³-hybridized carbons (Fsp3) is 0.211. The lowest BCUT2D eigenvalue weighted by molar-refractivity contribution is -0.385. The number of imidazole rings is 1. The van der Waals surface area contributed by atoms with Crippen LogP contribution in [0, 0.1) is 17.0 Å². The molecular formula is C19H18N4O4S. The third-order valence-electron chi connectivity index (χ3n) is 5.06. The van der Waals surface area contributed by atoms with E-state index in [1.807, 2.05) is 22.9 Å². The number of rotatable bonds is 4. The number of benzene rings is 2. The maximum atomic E-state index is 13.5. The lowest BCUT2D eigenvalue weighted by Gasteiger charge is -2.36. The molecule has 144 valence electrons. The number of hydrogen-bond acceptors (Lipinski definition) is 5. The van der Waals surface area contributed by atoms with Crippen molar-refractivity contribution < 1.29 is 13.3 Å². The summed E-state index contributed by atoms with van der Waals surface area (Å²) >= 11 is 0. The molecule has 0 saturated carbocycles. The van der Waals surface area contributed by atoms with Gasteiger partial charge in [-0.15, -0.1) is 0 Å². The summed E-state index contributed by atoms with van der Waals surface area (Å²) in [4.78, 5) is 14.7. The number of fused-ring (bicyclic) bond motifs is 1. The standard InChI is InChI=1S/C19H18N4O4S/c1-14-17(23(24)25)7-4-8-19(14)28(26,27)22-12-16(21-10-9-20-13-21)11-15-5-2-3-6-18(15)22/h2-10,13,16H,11-12H2,1H3/t16-/m0/s1. The second kappa shape index (κ2) is 6.75. The highest BCUT2D eigenvalue weighted by Gasteiger charge is 2.35. The lowest BCUT2D eigenvalue weighted by Crippen LogP contribution is -2.40. The fourth-order valence-corrected chi connectivity index (χ4v) is 5.43. The van der Waals surface area contributed by atoms with Gasteiger partial charge in [0.2, 0.25) is 0 Å². The molecule has 2 heterocycles. The van der Waals surface area contributed by atoms with Crippen LogP contribution in [-0.2, 0) is 16.4 Å². The first-order valence-electron chi connectivity index (χ1n) is 8.71. The number of hydrogen-bond donors (Lipinski definition) is 0. The Bertz CT molecular complexity index is 1140. The summed E-state index contributed by atoms with van der Waals surface area (Å²) < 4.78 is 30.3. The summed E-state index contributed by atoms with van der Waals surface area (Å²) in [5.74, 6) is 0. The van der Waals surface area contributed by atoms with E-state index in [0.29, 0.717) is 12.1 Å². The molecule has 8 nitrogen and oxygen atoms in total. The molecule has 1 aliphatic rings. The Balaban J connectivity index is 1.85. The zero-order valence-corrected chi connectivity index (χ0v) is 15.9. The molecule has 1 aliphatic heterocycles. The second-order valence-electron chi connectivity index (χ2n) is 6.69. The predicted molar refractivity (Wildman–Crippen MR) is 104 cm³/mol. The van der Waals surface area contributed by atoms with Gasteiger partial charge < -0.3 is 4.57 Å². The van der Waals surface area contributed by atoms with E-state index in [2.05, 4.69) is 4.98 Å². The average molecular weight is 398 g/mol. The Morgan fingerprint density at radius 3 is 2.68 bits per heavy atom. The summed E-state index contributed by atoms with van der Waals surface area (Å²) in [6.45, 7) is 1.69. The SMILES string of the molecule is Cc1c([N+](=O)[O-])cccc1S(=O)(=O)N1C[C@@H](n2ccnc2)Cc2ccccc21. The second-order valence-corrected chi connectivity index (χ2v) is 8.52. The molecule has 1 atom stereocenters. The zero-order valence-electron chi connectivity index (χ0n) is 15.1. The molecule has 0 radical (unpaired) electrons. The van der Waals surface area contributed by atoms with E-state index < -0.39 is 14.9 Å². The molecule has 0 unspecified atom stereocenters. The maximum Gasteiger partial charge on any atom is 0.273 e. The molecule has 0 saturated heterocycles. The van der Waals surface area contributed by atoms with Gasteiger partial charge in [-0.3, -0.25) is 14.4 Å². The summed E-state index contributed by atoms with van der Waals surface area (Å²) in [6.07, 6.45) is 5.81. The molecule has 3 aromatic rings.